The van der Waals surface area contributed by atoms with Crippen LogP contribution in [0.15, 0.2) is 22.9 Å². The summed E-state index contributed by atoms with van der Waals surface area (Å²) in [4.78, 5) is 55.3. The van der Waals surface area contributed by atoms with Crippen molar-refractivity contribution in [2.45, 2.75) is 84.7 Å². The van der Waals surface area contributed by atoms with Gasteiger partial charge in [-0.25, -0.2) is 4.79 Å². The summed E-state index contributed by atoms with van der Waals surface area (Å²) in [6, 6.07) is 0. The molecule has 1 saturated carbocycles. The number of hydrogen-bond acceptors (Lipinski definition) is 9. The van der Waals surface area contributed by atoms with Gasteiger partial charge in [0.15, 0.2) is 0 Å². The predicted octanol–water partition coefficient (Wildman–Crippen LogP) is 2.36. The maximum Gasteiger partial charge on any atom is 0.336 e. The number of hydrogen-bond donors (Lipinski definition) is 1. The number of rotatable bonds is 4. The van der Waals surface area contributed by atoms with Crippen LogP contribution in [0.4, 0.5) is 0 Å². The minimum Gasteiger partial charge on any atom is -0.458 e. The number of esters is 2. The number of carbonyl (C=O) groups is 4. The van der Waals surface area contributed by atoms with Crippen molar-refractivity contribution in [3.8, 4) is 0 Å². The molecule has 2 unspecified atom stereocenters. The zero-order valence-corrected chi connectivity index (χ0v) is 23.0. The van der Waals surface area contributed by atoms with E-state index < -0.39 is 58.6 Å². The first-order valence-electron chi connectivity index (χ1n) is 12.9. The number of nitrogens with zero attached hydrogens (tertiary/aromatic N) is 1. The number of Topliss-reactive ketones (excluding diaryl/α,β-unsaturated/α-hetero) is 2. The van der Waals surface area contributed by atoms with Gasteiger partial charge in [-0.1, -0.05) is 13.8 Å². The SMILES string of the molecule is COC[C@H]1OC(=O)/C(=C\N(C)C(C)(C)C)C2C(=O)C(=O)C3=C([C@H](OC(C)=O)C[C@@]4(C)C3CC[C@@H]4O)[C@]21C. The quantitative estimate of drug-likeness (QED) is 0.340. The van der Waals surface area contributed by atoms with E-state index in [9.17, 15) is 24.3 Å². The highest BCUT2D eigenvalue weighted by Crippen LogP contribution is 2.63. The molecule has 1 aliphatic heterocycles. The van der Waals surface area contributed by atoms with Crippen molar-refractivity contribution in [2.75, 3.05) is 20.8 Å². The first-order chi connectivity index (χ1) is 17.1. The van der Waals surface area contributed by atoms with Gasteiger partial charge in [0.05, 0.1) is 24.2 Å². The van der Waals surface area contributed by atoms with Gasteiger partial charge in [0.25, 0.3) is 0 Å². The summed E-state index contributed by atoms with van der Waals surface area (Å²) in [6.07, 6.45) is 0.463. The van der Waals surface area contributed by atoms with Gasteiger partial charge in [0.1, 0.15) is 12.2 Å². The third kappa shape index (κ3) is 4.05. The maximum atomic E-state index is 14.0. The minimum atomic E-state index is -1.19. The van der Waals surface area contributed by atoms with Gasteiger partial charge in [-0.3, -0.25) is 14.4 Å². The molecule has 2 fully saturated rings. The summed E-state index contributed by atoms with van der Waals surface area (Å²) in [5.41, 5.74) is -1.37. The Kier molecular flexibility index (Phi) is 6.73. The molecule has 7 atom stereocenters. The topological polar surface area (TPSA) is 119 Å². The summed E-state index contributed by atoms with van der Waals surface area (Å²) < 4.78 is 17.2. The van der Waals surface area contributed by atoms with E-state index in [0.29, 0.717) is 30.4 Å². The zero-order chi connectivity index (χ0) is 27.7. The molecule has 0 spiro atoms. The number of ether oxygens (including phenoxy) is 3. The lowest BCUT2D eigenvalue weighted by molar-refractivity contribution is -0.175. The third-order valence-electron chi connectivity index (χ3n) is 9.26. The molecular weight excluding hydrogens is 478 g/mol. The number of ketones is 2. The molecule has 9 heteroatoms. The second-order valence-electron chi connectivity index (χ2n) is 12.4. The Morgan fingerprint density at radius 1 is 1.22 bits per heavy atom. The van der Waals surface area contributed by atoms with E-state index in [1.54, 1.807) is 13.2 Å². The average Bonchev–Trinajstić information content (AvgIpc) is 3.07. The Morgan fingerprint density at radius 2 is 1.86 bits per heavy atom. The molecule has 1 N–H and O–H groups in total. The Bertz CT molecular complexity index is 1100. The second-order valence-corrected chi connectivity index (χ2v) is 12.4. The van der Waals surface area contributed by atoms with Crippen molar-refractivity contribution in [3.63, 3.8) is 0 Å². The molecule has 204 valence electrons. The average molecular weight is 518 g/mol. The van der Waals surface area contributed by atoms with E-state index in [0.717, 1.165) is 0 Å². The Hall–Kier alpha value is -2.52. The lowest BCUT2D eigenvalue weighted by Crippen LogP contribution is -2.63. The molecule has 0 aromatic rings. The van der Waals surface area contributed by atoms with Gasteiger partial charge in [-0.05, 0) is 51.5 Å². The van der Waals surface area contributed by atoms with Gasteiger partial charge in [0.2, 0.25) is 11.6 Å². The molecule has 1 heterocycles. The highest BCUT2D eigenvalue weighted by molar-refractivity contribution is 6.47. The second kappa shape index (κ2) is 9.05. The van der Waals surface area contributed by atoms with Crippen molar-refractivity contribution >= 4 is 23.5 Å². The van der Waals surface area contributed by atoms with Gasteiger partial charge in [-0.2, -0.15) is 0 Å². The fraction of sp³-hybridized carbons (Fsp3) is 0.714. The lowest BCUT2D eigenvalue weighted by Gasteiger charge is -2.56. The smallest absolute Gasteiger partial charge is 0.336 e. The maximum absolute atomic E-state index is 14.0. The van der Waals surface area contributed by atoms with Crippen LogP contribution in [0, 0.1) is 22.7 Å². The lowest BCUT2D eigenvalue weighted by atomic mass is 9.50. The first-order valence-corrected chi connectivity index (χ1v) is 12.9. The van der Waals surface area contributed by atoms with Crippen LogP contribution in [0.1, 0.15) is 60.8 Å². The van der Waals surface area contributed by atoms with E-state index in [1.165, 1.54) is 14.0 Å². The van der Waals surface area contributed by atoms with E-state index in [1.807, 2.05) is 39.5 Å². The summed E-state index contributed by atoms with van der Waals surface area (Å²) in [7, 11) is 3.27. The monoisotopic (exact) mass is 517 g/mol. The fourth-order valence-corrected chi connectivity index (χ4v) is 6.89. The molecule has 1 saturated heterocycles. The van der Waals surface area contributed by atoms with Gasteiger partial charge in [-0.15, -0.1) is 0 Å². The Labute approximate surface area is 218 Å². The number of aliphatic hydroxyl groups is 1. The van der Waals surface area contributed by atoms with Crippen molar-refractivity contribution in [1.29, 1.82) is 0 Å². The molecule has 4 rings (SSSR count). The van der Waals surface area contributed by atoms with Crippen LogP contribution in [0.3, 0.4) is 0 Å². The third-order valence-corrected chi connectivity index (χ3v) is 9.26. The number of allylic oxidation sites excluding steroid dienone is 1. The molecule has 37 heavy (non-hydrogen) atoms. The largest absolute Gasteiger partial charge is 0.458 e. The molecule has 0 amide bonds. The van der Waals surface area contributed by atoms with Crippen LogP contribution < -0.4 is 0 Å². The molecule has 0 aromatic heterocycles. The Morgan fingerprint density at radius 3 is 2.43 bits per heavy atom. The molecule has 0 aromatic carbocycles. The summed E-state index contributed by atoms with van der Waals surface area (Å²) in [6.45, 7) is 10.9. The van der Waals surface area contributed by atoms with E-state index in [-0.39, 0.29) is 23.6 Å². The van der Waals surface area contributed by atoms with Gasteiger partial charge >= 0.3 is 11.9 Å². The van der Waals surface area contributed by atoms with Crippen molar-refractivity contribution in [1.82, 2.24) is 4.90 Å². The minimum absolute atomic E-state index is 0.00324. The summed E-state index contributed by atoms with van der Waals surface area (Å²) in [5, 5.41) is 10.9. The fourth-order valence-electron chi connectivity index (χ4n) is 6.89. The molecule has 0 bridgehead atoms. The van der Waals surface area contributed by atoms with Crippen LogP contribution >= 0.6 is 0 Å². The van der Waals surface area contributed by atoms with Crippen LogP contribution in [-0.4, -0.2) is 78.1 Å². The number of methoxy groups -OCH3 is 1. The van der Waals surface area contributed by atoms with Crippen LogP contribution in [0.2, 0.25) is 0 Å². The predicted molar refractivity (Wildman–Crippen MR) is 133 cm³/mol. The number of aliphatic hydroxyl groups excluding tert-OH is 1. The van der Waals surface area contributed by atoms with Crippen molar-refractivity contribution in [3.05, 3.63) is 22.9 Å². The summed E-state index contributed by atoms with van der Waals surface area (Å²) >= 11 is 0. The number of carbonyl (C=O) groups excluding carboxylic acids is 4. The summed E-state index contributed by atoms with van der Waals surface area (Å²) in [5.74, 6) is -4.06. The highest BCUT2D eigenvalue weighted by atomic mass is 16.6. The van der Waals surface area contributed by atoms with Gasteiger partial charge < -0.3 is 24.2 Å². The van der Waals surface area contributed by atoms with Crippen LogP contribution in [-0.2, 0) is 33.4 Å². The first kappa shape index (κ1) is 27.5. The molecule has 3 aliphatic carbocycles. The molecule has 4 aliphatic rings. The number of fused-ring (bicyclic) bond motifs is 4. The standard InChI is InChI=1S/C28H39NO8/c1-14(30)36-17-11-27(5)16(9-10-18(27)31)20-22(17)28(6)19(13-35-8)37-25(34)15(12-29(7)26(2,3)4)21(28)24(33)23(20)32/h12,16-19,21,31H,9-11,13H2,1-8H3/b15-12-/t16?,17-,18+,19-,21?,27+,28+/m1/s1. The van der Waals surface area contributed by atoms with E-state index in [4.69, 9.17) is 14.2 Å². The van der Waals surface area contributed by atoms with E-state index >= 15 is 0 Å². The van der Waals surface area contributed by atoms with Gasteiger partial charge in [0, 0.05) is 49.2 Å². The normalized spacial score (nSPS) is 38.7. The van der Waals surface area contributed by atoms with Crippen LogP contribution in [0.5, 0.6) is 0 Å². The number of cyclic esters (lactones) is 1. The zero-order valence-electron chi connectivity index (χ0n) is 23.0. The van der Waals surface area contributed by atoms with Crippen LogP contribution in [0.25, 0.3) is 0 Å². The molecule has 9 nitrogen and oxygen atoms in total. The van der Waals surface area contributed by atoms with Crippen molar-refractivity contribution in [2.24, 2.45) is 22.7 Å². The molecular formula is C28H39NO8. The van der Waals surface area contributed by atoms with Crippen molar-refractivity contribution < 1.29 is 38.5 Å². The molecule has 0 radical (unpaired) electrons. The van der Waals surface area contributed by atoms with E-state index in [2.05, 4.69) is 0 Å². The highest BCUT2D eigenvalue weighted by Gasteiger charge is 2.67. The Balaban J connectivity index is 2.01.